The van der Waals surface area contributed by atoms with E-state index >= 15 is 0 Å². The van der Waals surface area contributed by atoms with Gasteiger partial charge in [0.05, 0.1) is 19.3 Å². The Bertz CT molecular complexity index is 875. The van der Waals surface area contributed by atoms with Crippen LogP contribution in [-0.4, -0.2) is 121 Å². The average molecular weight is 482 g/mol. The summed E-state index contributed by atoms with van der Waals surface area (Å²) < 4.78 is 10.7. The summed E-state index contributed by atoms with van der Waals surface area (Å²) in [5.41, 5.74) is 1.18. The summed E-state index contributed by atoms with van der Waals surface area (Å²) in [5, 5.41) is 77.8. The SMILES string of the molecule is O=C(Cc1ccc(C#C[C@H]2O[C@H](CO)[C@@H](O)[C@H](O)[C@@H]2O)cc1)C[C@H]1O[C@H](CO)[C@@H](O)[C@H](O)[C@@H]1O. The van der Waals surface area contributed by atoms with Crippen molar-refractivity contribution < 1.29 is 55.1 Å². The number of benzene rings is 1. The van der Waals surface area contributed by atoms with Crippen LogP contribution < -0.4 is 0 Å². The van der Waals surface area contributed by atoms with Gasteiger partial charge in [0.2, 0.25) is 0 Å². The van der Waals surface area contributed by atoms with Crippen molar-refractivity contribution in [2.75, 3.05) is 13.2 Å². The van der Waals surface area contributed by atoms with Crippen molar-refractivity contribution in [3.05, 3.63) is 35.4 Å². The number of rotatable bonds is 6. The van der Waals surface area contributed by atoms with Crippen LogP contribution >= 0.6 is 0 Å². The van der Waals surface area contributed by atoms with E-state index in [-0.39, 0.29) is 18.6 Å². The summed E-state index contributed by atoms with van der Waals surface area (Å²) in [4.78, 5) is 12.4. The van der Waals surface area contributed by atoms with Crippen molar-refractivity contribution >= 4 is 5.78 Å². The third-order valence-corrected chi connectivity index (χ3v) is 6.03. The van der Waals surface area contributed by atoms with E-state index in [2.05, 4.69) is 11.8 Å². The van der Waals surface area contributed by atoms with Crippen LogP contribution in [0, 0.1) is 11.8 Å². The number of Topliss-reactive ketones (excluding diaryl/α,β-unsaturated/α-hetero) is 1. The molecule has 0 aromatic heterocycles. The van der Waals surface area contributed by atoms with E-state index in [1.54, 1.807) is 24.3 Å². The molecule has 0 amide bonds. The minimum atomic E-state index is -1.54. The van der Waals surface area contributed by atoms with Gasteiger partial charge in [-0.2, -0.15) is 0 Å². The normalized spacial score (nSPS) is 38.1. The zero-order valence-corrected chi connectivity index (χ0v) is 18.2. The molecule has 11 nitrogen and oxygen atoms in total. The highest BCUT2D eigenvalue weighted by Crippen LogP contribution is 2.24. The Kier molecular flexibility index (Phi) is 9.14. The monoisotopic (exact) mass is 482 g/mol. The zero-order valence-electron chi connectivity index (χ0n) is 18.2. The van der Waals surface area contributed by atoms with Crippen LogP contribution in [0.3, 0.4) is 0 Å². The largest absolute Gasteiger partial charge is 0.394 e. The molecule has 34 heavy (non-hydrogen) atoms. The maximum atomic E-state index is 12.4. The molecule has 0 unspecified atom stereocenters. The molecule has 0 saturated carbocycles. The summed E-state index contributed by atoms with van der Waals surface area (Å²) in [6, 6.07) is 6.58. The summed E-state index contributed by atoms with van der Waals surface area (Å²) in [7, 11) is 0. The number of hydrogen-bond acceptors (Lipinski definition) is 11. The van der Waals surface area contributed by atoms with Gasteiger partial charge in [-0.25, -0.2) is 0 Å². The molecule has 2 aliphatic rings. The smallest absolute Gasteiger partial charge is 0.147 e. The maximum Gasteiger partial charge on any atom is 0.147 e. The van der Waals surface area contributed by atoms with Crippen molar-refractivity contribution in [3.8, 4) is 11.8 Å². The molecule has 0 aliphatic carbocycles. The van der Waals surface area contributed by atoms with Crippen LogP contribution in [0.2, 0.25) is 0 Å². The Morgan fingerprint density at radius 2 is 1.26 bits per heavy atom. The molecule has 2 heterocycles. The number of ketones is 1. The highest BCUT2D eigenvalue weighted by molar-refractivity contribution is 5.81. The van der Waals surface area contributed by atoms with Gasteiger partial charge in [0.1, 0.15) is 60.7 Å². The van der Waals surface area contributed by atoms with Crippen molar-refractivity contribution in [2.24, 2.45) is 0 Å². The standard InChI is InChI=1S/C23H30O11/c24-9-16-20(29)22(31)18(27)14(33-16)6-5-11-1-3-12(4-2-11)7-13(26)8-15-19(28)23(32)21(30)17(10-25)34-15/h1-4,14-25,27-32H,7-10H2/t14-,15-,16-,17-,18-,19-,20-,21-,22-,23-/m1/s1. The van der Waals surface area contributed by atoms with E-state index in [0.29, 0.717) is 11.1 Å². The third-order valence-electron chi connectivity index (χ3n) is 6.03. The Labute approximate surface area is 195 Å². The minimum Gasteiger partial charge on any atom is -0.394 e. The molecule has 0 bridgehead atoms. The van der Waals surface area contributed by atoms with Crippen LogP contribution in [0.5, 0.6) is 0 Å². The second-order valence-electron chi connectivity index (χ2n) is 8.50. The summed E-state index contributed by atoms with van der Waals surface area (Å²) in [6.45, 7) is -1.11. The average Bonchev–Trinajstić information content (AvgIpc) is 2.83. The van der Waals surface area contributed by atoms with E-state index in [1.165, 1.54) is 0 Å². The lowest BCUT2D eigenvalue weighted by atomic mass is 9.91. The highest BCUT2D eigenvalue weighted by Gasteiger charge is 2.44. The molecule has 3 rings (SSSR count). The lowest BCUT2D eigenvalue weighted by Crippen LogP contribution is -2.58. The fourth-order valence-electron chi connectivity index (χ4n) is 3.95. The molecule has 1 aromatic rings. The third kappa shape index (κ3) is 5.99. The minimum absolute atomic E-state index is 0.00937. The predicted molar refractivity (Wildman–Crippen MR) is 114 cm³/mol. The number of aliphatic hydroxyl groups excluding tert-OH is 8. The van der Waals surface area contributed by atoms with E-state index in [4.69, 9.17) is 9.47 Å². The second kappa shape index (κ2) is 11.7. The van der Waals surface area contributed by atoms with Gasteiger partial charge >= 0.3 is 0 Å². The molecule has 0 radical (unpaired) electrons. The van der Waals surface area contributed by atoms with Gasteiger partial charge in [0.15, 0.2) is 0 Å². The Morgan fingerprint density at radius 3 is 1.85 bits per heavy atom. The van der Waals surface area contributed by atoms with Gasteiger partial charge in [-0.05, 0) is 17.7 Å². The quantitative estimate of drug-likeness (QED) is 0.185. The molecule has 10 atom stereocenters. The van der Waals surface area contributed by atoms with Gasteiger partial charge in [-0.3, -0.25) is 4.79 Å². The first kappa shape index (κ1) is 26.7. The van der Waals surface area contributed by atoms with E-state index < -0.39 is 74.3 Å². The summed E-state index contributed by atoms with van der Waals surface area (Å²) in [6.07, 6.45) is -13.4. The topological polar surface area (TPSA) is 197 Å². The molecule has 2 fully saturated rings. The number of ether oxygens (including phenoxy) is 2. The van der Waals surface area contributed by atoms with E-state index in [0.717, 1.165) is 0 Å². The van der Waals surface area contributed by atoms with Crippen molar-refractivity contribution in [1.82, 2.24) is 0 Å². The molecule has 1 aromatic carbocycles. The molecule has 0 spiro atoms. The van der Waals surface area contributed by atoms with Gasteiger partial charge < -0.3 is 50.3 Å². The summed E-state index contributed by atoms with van der Waals surface area (Å²) in [5.74, 6) is 5.15. The van der Waals surface area contributed by atoms with Gasteiger partial charge in [-0.15, -0.1) is 0 Å². The molecular formula is C23H30O11. The number of carbonyl (C=O) groups excluding carboxylic acids is 1. The van der Waals surface area contributed by atoms with Crippen LogP contribution in [0.25, 0.3) is 0 Å². The molecule has 2 saturated heterocycles. The van der Waals surface area contributed by atoms with Crippen molar-refractivity contribution in [1.29, 1.82) is 0 Å². The Balaban J connectivity index is 1.58. The fraction of sp³-hybridized carbons (Fsp3) is 0.609. The highest BCUT2D eigenvalue weighted by atomic mass is 16.5. The second-order valence-corrected chi connectivity index (χ2v) is 8.50. The van der Waals surface area contributed by atoms with Crippen molar-refractivity contribution in [3.63, 3.8) is 0 Å². The van der Waals surface area contributed by atoms with Crippen LogP contribution in [0.4, 0.5) is 0 Å². The summed E-state index contributed by atoms with van der Waals surface area (Å²) >= 11 is 0. The first-order valence-electron chi connectivity index (χ1n) is 10.9. The van der Waals surface area contributed by atoms with Crippen molar-refractivity contribution in [2.45, 2.75) is 73.9 Å². The molecule has 188 valence electrons. The van der Waals surface area contributed by atoms with E-state index in [9.17, 15) is 45.6 Å². The van der Waals surface area contributed by atoms with Crippen LogP contribution in [0.1, 0.15) is 17.5 Å². The zero-order chi connectivity index (χ0) is 25.0. The molecule has 8 N–H and O–H groups in total. The fourth-order valence-corrected chi connectivity index (χ4v) is 3.95. The first-order chi connectivity index (χ1) is 16.2. The van der Waals surface area contributed by atoms with Crippen LogP contribution in [-0.2, 0) is 20.7 Å². The Morgan fingerprint density at radius 1 is 0.735 bits per heavy atom. The van der Waals surface area contributed by atoms with Gasteiger partial charge in [-0.1, -0.05) is 24.0 Å². The maximum absolute atomic E-state index is 12.4. The van der Waals surface area contributed by atoms with Crippen LogP contribution in [0.15, 0.2) is 24.3 Å². The lowest BCUT2D eigenvalue weighted by molar-refractivity contribution is -0.229. The predicted octanol–water partition coefficient (Wildman–Crippen LogP) is -3.78. The lowest BCUT2D eigenvalue weighted by Gasteiger charge is -2.39. The Hall–Kier alpha value is -1.95. The number of aliphatic hydroxyl groups is 8. The van der Waals surface area contributed by atoms with E-state index in [1.807, 2.05) is 0 Å². The number of hydrogen-bond donors (Lipinski definition) is 8. The molecule has 2 aliphatic heterocycles. The van der Waals surface area contributed by atoms with Gasteiger partial charge in [0, 0.05) is 18.4 Å². The number of carbonyl (C=O) groups is 1. The first-order valence-corrected chi connectivity index (χ1v) is 10.9. The molecule has 11 heteroatoms. The van der Waals surface area contributed by atoms with Gasteiger partial charge in [0.25, 0.3) is 0 Å². The molecular weight excluding hydrogens is 452 g/mol.